The molecule has 3 N–H and O–H groups in total. The van der Waals surface area contributed by atoms with E-state index in [1.807, 2.05) is 0 Å². The number of carboxylic acid groups (broad SMARTS) is 1. The molecule has 146 valence electrons. The Bertz CT molecular complexity index is 787. The van der Waals surface area contributed by atoms with E-state index in [1.54, 1.807) is 4.57 Å². The van der Waals surface area contributed by atoms with Crippen LogP contribution in [0.4, 0.5) is 5.82 Å². The van der Waals surface area contributed by atoms with Crippen molar-refractivity contribution >= 4 is 11.8 Å². The van der Waals surface area contributed by atoms with E-state index in [4.69, 9.17) is 20.1 Å². The lowest BCUT2D eigenvalue weighted by molar-refractivity contribution is -0.392. The molecule has 1 fully saturated rings. The first-order valence-corrected chi connectivity index (χ1v) is 8.08. The summed E-state index contributed by atoms with van der Waals surface area (Å²) in [5, 5.41) is 36.8. The number of carbonyl (C=O) groups is 1. The number of morpholine rings is 1. The second-order valence-electron chi connectivity index (χ2n) is 5.66. The monoisotopic (exact) mass is 380 g/mol. The molecule has 1 aliphatic heterocycles. The predicted molar refractivity (Wildman–Crippen MR) is 92.9 cm³/mol. The third kappa shape index (κ3) is 5.94. The molecule has 1 saturated heterocycles. The Hall–Kier alpha value is -3.18. The molecular formula is C16H20N4O7. The van der Waals surface area contributed by atoms with Gasteiger partial charge < -0.3 is 30.2 Å². The summed E-state index contributed by atoms with van der Waals surface area (Å²) in [5.74, 6) is -1.75. The lowest BCUT2D eigenvalue weighted by Gasteiger charge is -2.25. The number of ether oxygens (including phenoxy) is 1. The Morgan fingerprint density at radius 1 is 1.26 bits per heavy atom. The lowest BCUT2D eigenvalue weighted by Crippen LogP contribution is -2.38. The number of nitrogens with zero attached hydrogens (tertiary/aromatic N) is 4. The van der Waals surface area contributed by atoms with Gasteiger partial charge in [0, 0.05) is 19.6 Å². The Kier molecular flexibility index (Phi) is 7.08. The van der Waals surface area contributed by atoms with Crippen LogP contribution in [-0.2, 0) is 11.3 Å². The number of imidazole rings is 1. The molecule has 11 nitrogen and oxygen atoms in total. The number of hydrogen-bond acceptors (Lipinski definition) is 8. The molecule has 2 aromatic rings. The minimum absolute atomic E-state index is 0.0493. The first kappa shape index (κ1) is 20.1. The third-order valence-corrected chi connectivity index (χ3v) is 3.85. The molecule has 0 radical (unpaired) electrons. The Balaban J connectivity index is 0.000000208. The summed E-state index contributed by atoms with van der Waals surface area (Å²) < 4.78 is 6.79. The second-order valence-corrected chi connectivity index (χ2v) is 5.66. The highest BCUT2D eigenvalue weighted by molar-refractivity contribution is 5.91. The summed E-state index contributed by atoms with van der Waals surface area (Å²) in [6, 6.07) is 3.32. The molecule has 0 amide bonds. The van der Waals surface area contributed by atoms with Crippen molar-refractivity contribution in [3.8, 4) is 11.5 Å². The number of phenols is 2. The van der Waals surface area contributed by atoms with Crippen LogP contribution >= 0.6 is 0 Å². The van der Waals surface area contributed by atoms with Gasteiger partial charge in [0.2, 0.25) is 0 Å². The van der Waals surface area contributed by atoms with Gasteiger partial charge in [0.25, 0.3) is 0 Å². The number of benzene rings is 1. The van der Waals surface area contributed by atoms with Crippen molar-refractivity contribution in [1.29, 1.82) is 0 Å². The van der Waals surface area contributed by atoms with Crippen LogP contribution in [0.25, 0.3) is 0 Å². The molecular weight excluding hydrogens is 360 g/mol. The zero-order valence-corrected chi connectivity index (χ0v) is 14.4. The maximum atomic E-state index is 10.6. The SMILES string of the molecule is O=C(O)c1cc(O)ccc1O.O=[N+]([O-])c1cncn1CCN1CCOCC1. The van der Waals surface area contributed by atoms with Crippen LogP contribution in [0.5, 0.6) is 11.5 Å². The van der Waals surface area contributed by atoms with Crippen LogP contribution in [0.1, 0.15) is 10.4 Å². The number of phenolic OH excluding ortho intramolecular Hbond substituents is 1. The number of hydrogen-bond donors (Lipinski definition) is 3. The number of aromatic nitrogens is 2. The Labute approximate surface area is 154 Å². The first-order chi connectivity index (χ1) is 12.9. The topological polar surface area (TPSA) is 151 Å². The van der Waals surface area contributed by atoms with E-state index in [-0.39, 0.29) is 22.9 Å². The molecule has 3 rings (SSSR count). The van der Waals surface area contributed by atoms with Crippen molar-refractivity contribution in [2.75, 3.05) is 32.8 Å². The molecule has 0 spiro atoms. The normalized spacial score (nSPS) is 14.2. The zero-order chi connectivity index (χ0) is 19.8. The number of aromatic carboxylic acids is 1. The van der Waals surface area contributed by atoms with Crippen molar-refractivity contribution in [3.05, 3.63) is 46.4 Å². The number of rotatable bonds is 5. The highest BCUT2D eigenvalue weighted by Crippen LogP contribution is 2.21. The molecule has 0 unspecified atom stereocenters. The smallest absolute Gasteiger partial charge is 0.342 e. The number of aromatic hydroxyl groups is 2. The summed E-state index contributed by atoms with van der Waals surface area (Å²) in [6.45, 7) is 4.65. The van der Waals surface area contributed by atoms with Gasteiger partial charge in [-0.1, -0.05) is 0 Å². The van der Waals surface area contributed by atoms with Gasteiger partial charge >= 0.3 is 11.8 Å². The molecule has 1 aliphatic rings. The minimum atomic E-state index is -1.27. The lowest BCUT2D eigenvalue weighted by atomic mass is 10.2. The van der Waals surface area contributed by atoms with E-state index in [1.165, 1.54) is 18.6 Å². The van der Waals surface area contributed by atoms with Gasteiger partial charge in [-0.15, -0.1) is 0 Å². The second kappa shape index (κ2) is 9.50. The van der Waals surface area contributed by atoms with Crippen molar-refractivity contribution in [2.45, 2.75) is 6.54 Å². The van der Waals surface area contributed by atoms with E-state index in [2.05, 4.69) is 9.88 Å². The van der Waals surface area contributed by atoms with Crippen molar-refractivity contribution in [2.24, 2.45) is 0 Å². The molecule has 0 atom stereocenters. The van der Waals surface area contributed by atoms with Gasteiger partial charge in [-0.05, 0) is 23.1 Å². The standard InChI is InChI=1S/C9H14N4O3.C7H6O4/c14-13(15)9-7-10-8-12(9)2-1-11-3-5-16-6-4-11;8-4-1-2-6(9)5(3-4)7(10)11/h7-8H,1-6H2;1-3,8-9H,(H,10,11). The minimum Gasteiger partial charge on any atom is -0.508 e. The Morgan fingerprint density at radius 2 is 1.96 bits per heavy atom. The fraction of sp³-hybridized carbons (Fsp3) is 0.375. The van der Waals surface area contributed by atoms with Crippen LogP contribution in [0, 0.1) is 10.1 Å². The molecule has 1 aromatic carbocycles. The van der Waals surface area contributed by atoms with Gasteiger partial charge in [-0.2, -0.15) is 0 Å². The largest absolute Gasteiger partial charge is 0.508 e. The van der Waals surface area contributed by atoms with Gasteiger partial charge in [0.1, 0.15) is 29.8 Å². The average molecular weight is 380 g/mol. The van der Waals surface area contributed by atoms with Crippen LogP contribution in [-0.4, -0.2) is 73.5 Å². The predicted octanol–water partition coefficient (Wildman–Crippen LogP) is 0.919. The fourth-order valence-electron chi connectivity index (χ4n) is 2.41. The number of nitro groups is 1. The third-order valence-electron chi connectivity index (χ3n) is 3.85. The molecule has 11 heteroatoms. The van der Waals surface area contributed by atoms with E-state index in [9.17, 15) is 14.9 Å². The highest BCUT2D eigenvalue weighted by atomic mass is 16.6. The zero-order valence-electron chi connectivity index (χ0n) is 14.4. The molecule has 0 aliphatic carbocycles. The maximum Gasteiger partial charge on any atom is 0.342 e. The van der Waals surface area contributed by atoms with E-state index in [0.29, 0.717) is 6.54 Å². The summed E-state index contributed by atoms with van der Waals surface area (Å²) >= 11 is 0. The van der Waals surface area contributed by atoms with Crippen LogP contribution in [0.2, 0.25) is 0 Å². The molecule has 0 saturated carbocycles. The maximum absolute atomic E-state index is 10.6. The van der Waals surface area contributed by atoms with Gasteiger partial charge in [0.15, 0.2) is 6.33 Å². The van der Waals surface area contributed by atoms with Crippen LogP contribution < -0.4 is 0 Å². The fourth-order valence-corrected chi connectivity index (χ4v) is 2.41. The highest BCUT2D eigenvalue weighted by Gasteiger charge is 2.15. The van der Waals surface area contributed by atoms with Crippen molar-refractivity contribution in [1.82, 2.24) is 14.5 Å². The molecule has 2 heterocycles. The summed E-state index contributed by atoms with van der Waals surface area (Å²) in [7, 11) is 0. The van der Waals surface area contributed by atoms with Crippen molar-refractivity contribution < 1.29 is 29.8 Å². The van der Waals surface area contributed by atoms with E-state index < -0.39 is 10.9 Å². The van der Waals surface area contributed by atoms with Gasteiger partial charge in [0.05, 0.1) is 13.2 Å². The summed E-state index contributed by atoms with van der Waals surface area (Å²) in [5.41, 5.74) is -0.301. The van der Waals surface area contributed by atoms with Gasteiger partial charge in [-0.25, -0.2) is 14.3 Å². The number of carboxylic acids is 1. The quantitative estimate of drug-likeness (QED) is 0.390. The van der Waals surface area contributed by atoms with Crippen molar-refractivity contribution in [3.63, 3.8) is 0 Å². The molecule has 27 heavy (non-hydrogen) atoms. The Morgan fingerprint density at radius 3 is 2.56 bits per heavy atom. The van der Waals surface area contributed by atoms with Crippen LogP contribution in [0.15, 0.2) is 30.7 Å². The first-order valence-electron chi connectivity index (χ1n) is 8.08. The molecule has 0 bridgehead atoms. The summed E-state index contributed by atoms with van der Waals surface area (Å²) in [6.07, 6.45) is 2.78. The van der Waals surface area contributed by atoms with Crippen LogP contribution in [0.3, 0.4) is 0 Å². The average Bonchev–Trinajstić information content (AvgIpc) is 3.12. The van der Waals surface area contributed by atoms with E-state index >= 15 is 0 Å². The molecule has 1 aromatic heterocycles. The summed E-state index contributed by atoms with van der Waals surface area (Å²) in [4.78, 5) is 26.6. The van der Waals surface area contributed by atoms with E-state index in [0.717, 1.165) is 45.0 Å². The van der Waals surface area contributed by atoms with Gasteiger partial charge in [-0.3, -0.25) is 4.90 Å².